The van der Waals surface area contributed by atoms with Crippen LogP contribution >= 0.6 is 0 Å². The van der Waals surface area contributed by atoms with E-state index in [0.717, 1.165) is 39.5 Å². The van der Waals surface area contributed by atoms with E-state index in [4.69, 9.17) is 24.2 Å². The summed E-state index contributed by atoms with van der Waals surface area (Å²) >= 11 is 0. The van der Waals surface area contributed by atoms with Gasteiger partial charge >= 0.3 is 23.9 Å². The molecule has 32 nitrogen and oxygen atoms in total. The van der Waals surface area contributed by atoms with Crippen molar-refractivity contribution < 1.29 is 87.0 Å². The van der Waals surface area contributed by atoms with Crippen LogP contribution in [0.5, 0.6) is 0 Å². The number of aliphatic carboxylic acids is 1. The summed E-state index contributed by atoms with van der Waals surface area (Å²) in [7, 11) is 2.78. The van der Waals surface area contributed by atoms with Gasteiger partial charge in [0.15, 0.2) is 6.10 Å². The predicted octanol–water partition coefficient (Wildman–Crippen LogP) is 7.46. The molecule has 2 aromatic heterocycles. The molecule has 6 aromatic rings. The molecule has 32 heteroatoms. The number of methoxy groups -OCH3 is 2. The standard InChI is InChI=1S/C30H41N5O7.C30H39N5O6.C16H12N2O7/c1-17(22-12-11-21-10-9-20(16-24(21)33-22)13-14-30(4,5)29(40)41)31-26(37)23-8-7-15-35(34-23)28(39)18(2)32-27(38)25(36)19(3)42-6;1-17-22-12-11-21-10-9-20(16-24(21)33-22)13-14-30(4,5)29(39)41-25(19(3)40-6)27(37)32-18(2)28(38)35-15-7-8-23(34-35)26(36)31-17;1-9-5-3-7-11(17(21)22)13(9)15(19)25-16(20)14-10(2)6-4-8-12(14)18(23)24/h9-14,16-19,23,25,34,36H,7-8,15H2,1-6H3,(H,31,37)(H,32,38)(H,40,41);9-14,16-19,23,25,34H,7-8,15H2,1-6H3,(H,31,36)(H,32,37);3-8H,1-2H3/b2*14-13+;/t2*17-,18+,19+,23+,25+;/m11./s1. The molecule has 0 saturated carbocycles. The van der Waals surface area contributed by atoms with Crippen molar-refractivity contribution in [1.29, 1.82) is 0 Å². The number of ether oxygens (including phenoxy) is 4. The van der Waals surface area contributed by atoms with Crippen molar-refractivity contribution in [3.05, 3.63) is 174 Å². The fourth-order valence-electron chi connectivity index (χ4n) is 11.4. The third-order valence-electron chi connectivity index (χ3n) is 18.4. The highest BCUT2D eigenvalue weighted by Gasteiger charge is 2.39. The van der Waals surface area contributed by atoms with Crippen molar-refractivity contribution in [3.8, 4) is 0 Å². The van der Waals surface area contributed by atoms with Gasteiger partial charge in [-0.25, -0.2) is 20.4 Å². The second-order valence-electron chi connectivity index (χ2n) is 27.6. The minimum Gasteiger partial charge on any atom is -0.481 e. The number of carbonyl (C=O) groups is 10. The van der Waals surface area contributed by atoms with Crippen molar-refractivity contribution in [3.63, 3.8) is 0 Å². The van der Waals surface area contributed by atoms with Crippen LogP contribution in [0.2, 0.25) is 0 Å². The Labute approximate surface area is 623 Å². The number of fused-ring (bicyclic) bond motifs is 5. The van der Waals surface area contributed by atoms with Crippen molar-refractivity contribution in [1.82, 2.24) is 52.1 Å². The van der Waals surface area contributed by atoms with Gasteiger partial charge in [-0.3, -0.25) is 78.6 Å². The summed E-state index contributed by atoms with van der Waals surface area (Å²) in [5.41, 5.74) is 6.99. The number of hydrogen-bond donors (Lipinski definition) is 8. The number of rotatable bonds is 17. The molecule has 5 heterocycles. The molecule has 3 aliphatic rings. The number of cyclic esters (lactones) is 1. The maximum atomic E-state index is 13.2. The number of nitrogens with one attached hydrogen (secondary N) is 6. The number of carboxylic acids is 1. The summed E-state index contributed by atoms with van der Waals surface area (Å²) in [6.07, 6.45) is 4.93. The molecule has 2 saturated heterocycles. The SMILES string of the molecule is CO[C@@H](C)[C@@H]1OC(=O)C(C)(C)/C=C/c2ccc3ccc(nc3c2)[C@@H](C)NC(=O)[C@@H]2CCCN(N2)C(=O)[C@H](C)NC1=O.CO[C@@H](C)[C@H](O)C(=O)N[C@@H](C)C(=O)N1CCC[C@@H](C(=O)N[C@H](C)c2ccc3ccc(/C=C/C(C)(C)C(=O)O)cc3n2)N1.Cc1cccc([N+](=O)[O-])c1C(=O)OC(=O)c1c(C)cccc1[N+](=O)[O-]. The highest BCUT2D eigenvalue weighted by atomic mass is 16.6. The number of carboxylic acid groups (broad SMARTS) is 1. The van der Waals surface area contributed by atoms with E-state index >= 15 is 0 Å². The van der Waals surface area contributed by atoms with Crippen LogP contribution in [-0.2, 0) is 57.3 Å². The monoisotopic (exact) mass is 1490 g/mol. The van der Waals surface area contributed by atoms with Crippen molar-refractivity contribution in [2.24, 2.45) is 10.8 Å². The number of aryl methyl sites for hydroxylation is 2. The summed E-state index contributed by atoms with van der Waals surface area (Å²) in [6, 6.07) is 22.9. The van der Waals surface area contributed by atoms with E-state index in [9.17, 15) is 78.4 Å². The summed E-state index contributed by atoms with van der Waals surface area (Å²) in [6.45, 7) is 20.2. The van der Waals surface area contributed by atoms with Crippen LogP contribution in [0, 0.1) is 44.9 Å². The van der Waals surface area contributed by atoms with Crippen molar-refractivity contribution >= 4 is 105 Å². The Hall–Kier alpha value is -11.3. The Morgan fingerprint density at radius 2 is 1.32 bits per heavy atom. The molecule has 3 aliphatic heterocycles. The van der Waals surface area contributed by atoms with E-state index in [2.05, 4.69) is 36.9 Å². The van der Waals surface area contributed by atoms with Gasteiger partial charge in [-0.05, 0) is 155 Å². The Bertz CT molecular complexity index is 4410. The van der Waals surface area contributed by atoms with Crippen LogP contribution in [0.3, 0.4) is 0 Å². The van der Waals surface area contributed by atoms with Crippen LogP contribution < -0.4 is 32.1 Å². The molecular formula is C76H92N12O20. The van der Waals surface area contributed by atoms with E-state index < -0.39 is 134 Å². The number of nitro benzene ring substituents is 2. The summed E-state index contributed by atoms with van der Waals surface area (Å²) in [4.78, 5) is 157. The average molecular weight is 1490 g/mol. The van der Waals surface area contributed by atoms with Crippen LogP contribution in [-0.4, -0.2) is 175 Å². The molecular weight excluding hydrogens is 1400 g/mol. The molecule has 10 atom stereocenters. The largest absolute Gasteiger partial charge is 0.481 e. The summed E-state index contributed by atoms with van der Waals surface area (Å²) in [5, 5.41) is 57.1. The third kappa shape index (κ3) is 21.5. The molecule has 2 fully saturated rings. The molecule has 0 spiro atoms. The van der Waals surface area contributed by atoms with Gasteiger partial charge < -0.3 is 50.4 Å². The van der Waals surface area contributed by atoms with E-state index in [-0.39, 0.29) is 40.1 Å². The molecule has 4 aromatic carbocycles. The molecule has 0 unspecified atom stereocenters. The molecule has 5 bridgehead atoms. The number of hydrogen-bond acceptors (Lipinski definition) is 23. The molecule has 108 heavy (non-hydrogen) atoms. The van der Waals surface area contributed by atoms with Gasteiger partial charge in [0.25, 0.3) is 35.0 Å². The van der Waals surface area contributed by atoms with E-state index in [1.54, 1.807) is 72.8 Å². The van der Waals surface area contributed by atoms with Gasteiger partial charge in [0.05, 0.1) is 61.3 Å². The number of nitrogens with zero attached hydrogens (tertiary/aromatic N) is 6. The highest BCUT2D eigenvalue weighted by Crippen LogP contribution is 2.30. The second-order valence-corrected chi connectivity index (χ2v) is 27.6. The van der Waals surface area contributed by atoms with E-state index in [1.165, 1.54) is 69.3 Å². The second kappa shape index (κ2) is 36.8. The fourth-order valence-corrected chi connectivity index (χ4v) is 11.4. The topological polar surface area (TPSA) is 439 Å². The zero-order valence-corrected chi connectivity index (χ0v) is 62.5. The van der Waals surface area contributed by atoms with Crippen LogP contribution in [0.1, 0.15) is 161 Å². The number of aromatic nitrogens is 2. The first-order valence-corrected chi connectivity index (χ1v) is 34.9. The number of aliphatic hydroxyl groups is 1. The number of benzene rings is 4. The summed E-state index contributed by atoms with van der Waals surface area (Å²) < 4.78 is 20.6. The zero-order chi connectivity index (χ0) is 79.8. The normalized spacial score (nSPS) is 20.1. The Kier molecular flexibility index (Phi) is 28.6. The first-order valence-electron chi connectivity index (χ1n) is 34.9. The molecule has 9 rings (SSSR count). The molecule has 0 radical (unpaired) electrons. The number of carbonyl (C=O) groups excluding carboxylic acids is 9. The molecule has 0 aliphatic carbocycles. The lowest BCUT2D eigenvalue weighted by Gasteiger charge is -2.35. The van der Waals surface area contributed by atoms with Gasteiger partial charge in [-0.1, -0.05) is 85.0 Å². The van der Waals surface area contributed by atoms with Gasteiger partial charge in [-0.15, -0.1) is 0 Å². The van der Waals surface area contributed by atoms with Gasteiger partial charge in [0, 0.05) is 50.2 Å². The Balaban J connectivity index is 0.000000233. The highest BCUT2D eigenvalue weighted by molar-refractivity contribution is 6.07. The number of pyridine rings is 2. The third-order valence-corrected chi connectivity index (χ3v) is 18.4. The zero-order valence-electron chi connectivity index (χ0n) is 62.5. The quantitative estimate of drug-likeness (QED) is 0.0190. The fraction of sp³-hybridized carbons (Fsp3) is 0.421. The summed E-state index contributed by atoms with van der Waals surface area (Å²) in [5.74, 6) is -6.80. The minimum atomic E-state index is -1.42. The van der Waals surface area contributed by atoms with Gasteiger partial charge in [0.1, 0.15) is 41.4 Å². The maximum Gasteiger partial charge on any atom is 0.353 e. The number of hydrazine groups is 2. The van der Waals surface area contributed by atoms with Crippen molar-refractivity contribution in [2.45, 2.75) is 169 Å². The maximum absolute atomic E-state index is 13.2. The lowest BCUT2D eigenvalue weighted by Crippen LogP contribution is -2.61. The Morgan fingerprint density at radius 3 is 1.93 bits per heavy atom. The van der Waals surface area contributed by atoms with Crippen LogP contribution in [0.4, 0.5) is 11.4 Å². The van der Waals surface area contributed by atoms with E-state index in [0.29, 0.717) is 55.7 Å². The predicted molar refractivity (Wildman–Crippen MR) is 395 cm³/mol. The first-order chi connectivity index (χ1) is 50.9. The molecule has 6 amide bonds. The number of esters is 3. The number of amides is 6. The van der Waals surface area contributed by atoms with Gasteiger partial charge in [0.2, 0.25) is 17.9 Å². The average Bonchev–Trinajstić information content (AvgIpc) is 0.955. The van der Waals surface area contributed by atoms with Crippen molar-refractivity contribution in [2.75, 3.05) is 27.3 Å². The molecule has 8 N–H and O–H groups in total. The number of aliphatic hydroxyl groups excluding tert-OH is 1. The Morgan fingerprint density at radius 1 is 0.741 bits per heavy atom. The minimum absolute atomic E-state index is 0.242. The molecule has 576 valence electrons. The smallest absolute Gasteiger partial charge is 0.353 e. The number of nitro groups is 2. The first kappa shape index (κ1) is 83.9. The van der Waals surface area contributed by atoms with Crippen LogP contribution in [0.25, 0.3) is 34.0 Å². The van der Waals surface area contributed by atoms with E-state index in [1.807, 2.05) is 74.5 Å². The lowest BCUT2D eigenvalue weighted by molar-refractivity contribution is -0.385. The lowest BCUT2D eigenvalue weighted by atomic mass is 9.92. The van der Waals surface area contributed by atoms with Gasteiger partial charge in [-0.2, -0.15) is 0 Å². The van der Waals surface area contributed by atoms with Crippen LogP contribution in [0.15, 0.2) is 109 Å².